The zero-order valence-corrected chi connectivity index (χ0v) is 20.9. The van der Waals surface area contributed by atoms with Crippen LogP contribution in [0.4, 0.5) is 0 Å². The lowest BCUT2D eigenvalue weighted by Crippen LogP contribution is -2.08. The third-order valence-corrected chi connectivity index (χ3v) is 10.3. The molecule has 0 rings (SSSR count). The molecule has 0 amide bonds. The highest BCUT2D eigenvalue weighted by Gasteiger charge is 2.29. The molecular formula is C25H57NP+. The van der Waals surface area contributed by atoms with Crippen LogP contribution in [0.1, 0.15) is 136 Å². The maximum absolute atomic E-state index is 2.73. The van der Waals surface area contributed by atoms with Crippen molar-refractivity contribution in [1.82, 2.24) is 6.15 Å². The fourth-order valence-electron chi connectivity index (χ4n) is 4.16. The van der Waals surface area contributed by atoms with E-state index in [2.05, 4.69) is 27.4 Å². The van der Waals surface area contributed by atoms with Gasteiger partial charge in [-0.05, 0) is 38.5 Å². The molecule has 0 saturated heterocycles. The van der Waals surface area contributed by atoms with Crippen molar-refractivity contribution in [3.8, 4) is 0 Å². The summed E-state index contributed by atoms with van der Waals surface area (Å²) in [5.74, 6) is 0. The Balaban J connectivity index is 0. The van der Waals surface area contributed by atoms with Gasteiger partial charge in [-0.25, -0.2) is 0 Å². The first-order valence-electron chi connectivity index (χ1n) is 12.5. The van der Waals surface area contributed by atoms with Crippen LogP contribution >= 0.6 is 7.26 Å². The van der Waals surface area contributed by atoms with Crippen LogP contribution in [-0.4, -0.2) is 25.2 Å². The molecule has 0 aliphatic carbocycles. The minimum atomic E-state index is -0.636. The molecule has 0 aromatic carbocycles. The number of hydrogen-bond acceptors (Lipinski definition) is 1. The molecule has 0 heterocycles. The van der Waals surface area contributed by atoms with Crippen molar-refractivity contribution < 1.29 is 0 Å². The van der Waals surface area contributed by atoms with E-state index in [0.29, 0.717) is 0 Å². The third-order valence-electron chi connectivity index (χ3n) is 6.15. The normalized spacial score (nSPS) is 11.6. The number of unbranched alkanes of at least 4 members (excludes halogenated alkanes) is 15. The van der Waals surface area contributed by atoms with Gasteiger partial charge in [0.1, 0.15) is 0 Å². The van der Waals surface area contributed by atoms with E-state index in [-0.39, 0.29) is 6.15 Å². The van der Waals surface area contributed by atoms with Gasteiger partial charge in [0.05, 0.1) is 18.5 Å². The second-order valence-electron chi connectivity index (χ2n) is 9.09. The van der Waals surface area contributed by atoms with Gasteiger partial charge in [0.15, 0.2) is 0 Å². The van der Waals surface area contributed by atoms with E-state index >= 15 is 0 Å². The smallest absolute Gasteiger partial charge is 0.0591 e. The Bertz CT molecular complexity index is 226. The molecular weight excluding hydrogens is 345 g/mol. The van der Waals surface area contributed by atoms with Crippen molar-refractivity contribution >= 4 is 7.26 Å². The van der Waals surface area contributed by atoms with Crippen LogP contribution in [0, 0.1) is 0 Å². The average Bonchev–Trinajstić information content (AvgIpc) is 2.64. The van der Waals surface area contributed by atoms with Gasteiger partial charge in [-0.2, -0.15) is 0 Å². The second kappa shape index (κ2) is 22.7. The predicted octanol–water partition coefficient (Wildman–Crippen LogP) is 9.88. The Hall–Kier alpha value is 0.390. The lowest BCUT2D eigenvalue weighted by Gasteiger charge is -2.24. The summed E-state index contributed by atoms with van der Waals surface area (Å²) in [5, 5.41) is 0. The van der Waals surface area contributed by atoms with Gasteiger partial charge in [-0.1, -0.05) is 97.8 Å². The SMILES string of the molecule is CCCCCCCC[P+](C)(CCCCCCCC)CCCCCCCC.N. The van der Waals surface area contributed by atoms with E-state index in [4.69, 9.17) is 0 Å². The molecule has 0 radical (unpaired) electrons. The molecule has 166 valence electrons. The minimum Gasteiger partial charge on any atom is -0.344 e. The molecule has 0 spiro atoms. The maximum atomic E-state index is 2.73. The van der Waals surface area contributed by atoms with Crippen molar-refractivity contribution in [2.24, 2.45) is 0 Å². The first-order valence-corrected chi connectivity index (χ1v) is 15.3. The molecule has 0 aliphatic rings. The highest BCUT2D eigenvalue weighted by atomic mass is 31.2. The summed E-state index contributed by atoms with van der Waals surface area (Å²) in [6.45, 7) is 9.70. The largest absolute Gasteiger partial charge is 0.344 e. The summed E-state index contributed by atoms with van der Waals surface area (Å²) in [7, 11) is -0.636. The van der Waals surface area contributed by atoms with Crippen LogP contribution < -0.4 is 6.15 Å². The monoisotopic (exact) mass is 402 g/mol. The molecule has 0 saturated carbocycles. The van der Waals surface area contributed by atoms with Crippen molar-refractivity contribution in [3.63, 3.8) is 0 Å². The zero-order chi connectivity index (χ0) is 19.3. The summed E-state index contributed by atoms with van der Waals surface area (Å²) in [4.78, 5) is 0. The molecule has 1 nitrogen and oxygen atoms in total. The van der Waals surface area contributed by atoms with Crippen molar-refractivity contribution in [3.05, 3.63) is 0 Å². The number of rotatable bonds is 21. The molecule has 0 aromatic rings. The first-order chi connectivity index (χ1) is 12.7. The fraction of sp³-hybridized carbons (Fsp3) is 1.00. The topological polar surface area (TPSA) is 35.0 Å². The van der Waals surface area contributed by atoms with E-state index < -0.39 is 7.26 Å². The summed E-state index contributed by atoms with van der Waals surface area (Å²) < 4.78 is 0. The van der Waals surface area contributed by atoms with Gasteiger partial charge >= 0.3 is 0 Å². The molecule has 2 heteroatoms. The van der Waals surface area contributed by atoms with Crippen LogP contribution in [0.5, 0.6) is 0 Å². The average molecular weight is 403 g/mol. The Labute approximate surface area is 175 Å². The quantitative estimate of drug-likeness (QED) is 0.150. The molecule has 0 bridgehead atoms. The van der Waals surface area contributed by atoms with Gasteiger partial charge < -0.3 is 6.15 Å². The molecule has 3 N–H and O–H groups in total. The lowest BCUT2D eigenvalue weighted by molar-refractivity contribution is 0.616. The van der Waals surface area contributed by atoms with E-state index in [0.717, 1.165) is 0 Å². The van der Waals surface area contributed by atoms with E-state index in [1.807, 2.05) is 0 Å². The van der Waals surface area contributed by atoms with Crippen molar-refractivity contribution in [2.75, 3.05) is 25.2 Å². The highest BCUT2D eigenvalue weighted by Crippen LogP contribution is 2.57. The van der Waals surface area contributed by atoms with E-state index in [1.165, 1.54) is 116 Å². The minimum absolute atomic E-state index is 0. The van der Waals surface area contributed by atoms with Gasteiger partial charge in [0, 0.05) is 13.9 Å². The van der Waals surface area contributed by atoms with Crippen LogP contribution in [0.2, 0.25) is 0 Å². The van der Waals surface area contributed by atoms with Crippen molar-refractivity contribution in [2.45, 2.75) is 136 Å². The standard InChI is InChI=1S/C25H54P.H3N/c1-5-8-11-14-17-20-23-26(4,24-21-18-15-12-9-6-2)25-22-19-16-13-10-7-3;/h5-25H2,1-4H3;1H3/q+1;. The Kier molecular flexibility index (Phi) is 24.9. The second-order valence-corrected chi connectivity index (χ2v) is 13.7. The lowest BCUT2D eigenvalue weighted by atomic mass is 10.1. The van der Waals surface area contributed by atoms with Crippen LogP contribution in [0.25, 0.3) is 0 Å². The predicted molar refractivity (Wildman–Crippen MR) is 133 cm³/mol. The summed E-state index contributed by atoms with van der Waals surface area (Å²) in [6, 6.07) is 0. The van der Waals surface area contributed by atoms with Gasteiger partial charge in [0.2, 0.25) is 0 Å². The van der Waals surface area contributed by atoms with Crippen LogP contribution in [0.15, 0.2) is 0 Å². The molecule has 0 atom stereocenters. The highest BCUT2D eigenvalue weighted by molar-refractivity contribution is 7.75. The van der Waals surface area contributed by atoms with E-state index in [1.54, 1.807) is 18.5 Å². The van der Waals surface area contributed by atoms with Gasteiger partial charge in [0.25, 0.3) is 0 Å². The molecule has 0 fully saturated rings. The fourth-order valence-corrected chi connectivity index (χ4v) is 7.79. The molecule has 0 aromatic heterocycles. The zero-order valence-electron chi connectivity index (χ0n) is 20.0. The Morgan fingerprint density at radius 1 is 0.370 bits per heavy atom. The Morgan fingerprint density at radius 3 is 0.852 bits per heavy atom. The van der Waals surface area contributed by atoms with Crippen LogP contribution in [0.3, 0.4) is 0 Å². The Morgan fingerprint density at radius 2 is 0.593 bits per heavy atom. The van der Waals surface area contributed by atoms with Gasteiger partial charge in [-0.15, -0.1) is 0 Å². The summed E-state index contributed by atoms with van der Waals surface area (Å²) in [6.07, 6.45) is 31.2. The van der Waals surface area contributed by atoms with Gasteiger partial charge in [-0.3, -0.25) is 0 Å². The molecule has 27 heavy (non-hydrogen) atoms. The summed E-state index contributed by atoms with van der Waals surface area (Å²) in [5.41, 5.74) is 0. The van der Waals surface area contributed by atoms with Crippen molar-refractivity contribution in [1.29, 1.82) is 0 Å². The van der Waals surface area contributed by atoms with E-state index in [9.17, 15) is 0 Å². The maximum Gasteiger partial charge on any atom is 0.0591 e. The third kappa shape index (κ3) is 20.9. The number of hydrogen-bond donors (Lipinski definition) is 1. The van der Waals surface area contributed by atoms with Crippen LogP contribution in [-0.2, 0) is 0 Å². The molecule has 0 unspecified atom stereocenters. The summed E-state index contributed by atoms with van der Waals surface area (Å²) >= 11 is 0. The first kappa shape index (κ1) is 29.6. The molecule has 0 aliphatic heterocycles.